The van der Waals surface area contributed by atoms with Crippen molar-refractivity contribution in [3.05, 3.63) is 89.0 Å². The number of rotatable bonds is 10. The third kappa shape index (κ3) is 5.55. The standard InChI is InChI=1S/C34H42O4Si/c1-22(2)39(23(3)4,24(5)6)38-29-16-11-26(12-17-29)34(35)33-31(25-9-14-28(36-7)15-10-25)19-13-27-21-30(37-8)18-20-32(27)33/h9-12,14-18,20-24H,13,19H2,1-8H3. The molecule has 0 fully saturated rings. The van der Waals surface area contributed by atoms with Gasteiger partial charge >= 0.3 is 0 Å². The van der Waals surface area contributed by atoms with E-state index in [-0.39, 0.29) is 5.78 Å². The number of ketones is 1. The molecule has 3 aromatic carbocycles. The monoisotopic (exact) mass is 542 g/mol. The summed E-state index contributed by atoms with van der Waals surface area (Å²) in [5.74, 6) is 2.49. The predicted octanol–water partition coefficient (Wildman–Crippen LogP) is 9.00. The highest BCUT2D eigenvalue weighted by Crippen LogP contribution is 2.43. The number of aryl methyl sites for hydroxylation is 1. The number of hydrogen-bond acceptors (Lipinski definition) is 4. The first kappa shape index (κ1) is 28.7. The second-order valence-corrected chi connectivity index (χ2v) is 16.8. The van der Waals surface area contributed by atoms with Crippen LogP contribution in [0.2, 0.25) is 16.6 Å². The molecule has 0 heterocycles. The lowest BCUT2D eigenvalue weighted by atomic mass is 9.79. The van der Waals surface area contributed by atoms with Crippen LogP contribution in [-0.4, -0.2) is 28.3 Å². The van der Waals surface area contributed by atoms with Crippen LogP contribution in [0.15, 0.2) is 66.7 Å². The Morgan fingerprint density at radius 2 is 1.23 bits per heavy atom. The molecular formula is C34H42O4Si. The molecule has 0 saturated carbocycles. The molecule has 0 radical (unpaired) electrons. The number of fused-ring (bicyclic) bond motifs is 1. The summed E-state index contributed by atoms with van der Waals surface area (Å²) >= 11 is 0. The van der Waals surface area contributed by atoms with E-state index in [9.17, 15) is 4.79 Å². The number of carbonyl (C=O) groups is 1. The zero-order chi connectivity index (χ0) is 28.3. The van der Waals surface area contributed by atoms with Crippen molar-refractivity contribution in [3.63, 3.8) is 0 Å². The van der Waals surface area contributed by atoms with E-state index in [1.165, 1.54) is 0 Å². The largest absolute Gasteiger partial charge is 0.543 e. The highest BCUT2D eigenvalue weighted by Gasteiger charge is 2.47. The van der Waals surface area contributed by atoms with E-state index in [4.69, 9.17) is 13.9 Å². The Morgan fingerprint density at radius 3 is 1.77 bits per heavy atom. The van der Waals surface area contributed by atoms with E-state index >= 15 is 0 Å². The van der Waals surface area contributed by atoms with Crippen LogP contribution in [-0.2, 0) is 6.42 Å². The fourth-order valence-electron chi connectivity index (χ4n) is 6.41. The molecule has 1 aliphatic carbocycles. The van der Waals surface area contributed by atoms with Gasteiger partial charge in [-0.05, 0) is 100 Å². The van der Waals surface area contributed by atoms with Crippen LogP contribution in [0.1, 0.15) is 75.0 Å². The molecule has 0 amide bonds. The van der Waals surface area contributed by atoms with Crippen molar-refractivity contribution >= 4 is 25.2 Å². The Labute approximate surface area is 235 Å². The first-order valence-corrected chi connectivity index (χ1v) is 16.1. The van der Waals surface area contributed by atoms with Gasteiger partial charge in [0.25, 0.3) is 8.32 Å². The molecular weight excluding hydrogens is 500 g/mol. The van der Waals surface area contributed by atoms with Gasteiger partial charge in [-0.25, -0.2) is 0 Å². The number of Topliss-reactive ketones (excluding diaryl/α,β-unsaturated/α-hetero) is 1. The highest BCUT2D eigenvalue weighted by molar-refractivity contribution is 6.78. The van der Waals surface area contributed by atoms with E-state index in [0.29, 0.717) is 22.2 Å². The summed E-state index contributed by atoms with van der Waals surface area (Å²) in [6.07, 6.45) is 1.63. The van der Waals surface area contributed by atoms with E-state index in [2.05, 4.69) is 47.6 Å². The topological polar surface area (TPSA) is 44.8 Å². The van der Waals surface area contributed by atoms with Gasteiger partial charge < -0.3 is 13.9 Å². The maximum absolute atomic E-state index is 14.2. The fourth-order valence-corrected chi connectivity index (χ4v) is 11.7. The lowest BCUT2D eigenvalue weighted by Crippen LogP contribution is -2.50. The molecule has 39 heavy (non-hydrogen) atoms. The summed E-state index contributed by atoms with van der Waals surface area (Å²) in [5, 5.41) is 0. The average molecular weight is 543 g/mol. The minimum atomic E-state index is -2.08. The SMILES string of the molecule is COc1ccc(C2=C(C(=O)c3ccc(O[Si](C(C)C)(C(C)C)C(C)C)cc3)c3ccc(OC)cc3CC2)cc1. The van der Waals surface area contributed by atoms with Crippen molar-refractivity contribution in [2.24, 2.45) is 0 Å². The second-order valence-electron chi connectivity index (χ2n) is 11.4. The molecule has 0 N–H and O–H groups in total. The minimum Gasteiger partial charge on any atom is -0.543 e. The Morgan fingerprint density at radius 1 is 0.692 bits per heavy atom. The van der Waals surface area contributed by atoms with Gasteiger partial charge in [-0.3, -0.25) is 4.79 Å². The predicted molar refractivity (Wildman–Crippen MR) is 164 cm³/mol. The quantitative estimate of drug-likeness (QED) is 0.189. The van der Waals surface area contributed by atoms with Gasteiger partial charge in [0.1, 0.15) is 17.2 Å². The van der Waals surface area contributed by atoms with Crippen LogP contribution in [0.3, 0.4) is 0 Å². The summed E-state index contributed by atoms with van der Waals surface area (Å²) < 4.78 is 17.7. The van der Waals surface area contributed by atoms with Crippen molar-refractivity contribution in [1.82, 2.24) is 0 Å². The number of benzene rings is 3. The summed E-state index contributed by atoms with van der Waals surface area (Å²) in [7, 11) is 1.26. The Balaban J connectivity index is 1.75. The molecule has 1 aliphatic rings. The number of hydrogen-bond donors (Lipinski definition) is 0. The average Bonchev–Trinajstić information content (AvgIpc) is 2.94. The Kier molecular flexibility index (Phi) is 8.70. The number of ether oxygens (including phenoxy) is 2. The first-order valence-electron chi connectivity index (χ1n) is 14.0. The zero-order valence-electron chi connectivity index (χ0n) is 24.6. The van der Waals surface area contributed by atoms with Gasteiger partial charge in [0.05, 0.1) is 14.2 Å². The van der Waals surface area contributed by atoms with Crippen LogP contribution >= 0.6 is 0 Å². The third-order valence-corrected chi connectivity index (χ3v) is 14.3. The molecule has 3 aromatic rings. The molecule has 0 spiro atoms. The molecule has 0 aromatic heterocycles. The fraction of sp³-hybridized carbons (Fsp3) is 0.382. The van der Waals surface area contributed by atoms with E-state index in [0.717, 1.165) is 57.9 Å². The van der Waals surface area contributed by atoms with Crippen molar-refractivity contribution in [2.45, 2.75) is 71.0 Å². The molecule has 5 heteroatoms. The van der Waals surface area contributed by atoms with E-state index in [1.807, 2.05) is 60.7 Å². The normalized spacial score (nSPS) is 13.6. The van der Waals surface area contributed by atoms with Crippen LogP contribution in [0, 0.1) is 0 Å². The number of methoxy groups -OCH3 is 2. The van der Waals surface area contributed by atoms with Crippen molar-refractivity contribution in [2.75, 3.05) is 14.2 Å². The van der Waals surface area contributed by atoms with Gasteiger partial charge in [-0.2, -0.15) is 0 Å². The first-order chi connectivity index (χ1) is 18.6. The molecule has 0 atom stereocenters. The lowest BCUT2D eigenvalue weighted by Gasteiger charge is -2.42. The molecule has 206 valence electrons. The molecule has 0 aliphatic heterocycles. The molecule has 4 nitrogen and oxygen atoms in total. The summed E-state index contributed by atoms with van der Waals surface area (Å²) in [4.78, 5) is 14.2. The Hall–Kier alpha value is -3.31. The van der Waals surface area contributed by atoms with E-state index < -0.39 is 8.32 Å². The molecule has 4 rings (SSSR count). The number of allylic oxidation sites excluding steroid dienone is 2. The summed E-state index contributed by atoms with van der Waals surface area (Å²) in [6.45, 7) is 13.7. The van der Waals surface area contributed by atoms with Gasteiger partial charge in [0.2, 0.25) is 0 Å². The highest BCUT2D eigenvalue weighted by atomic mass is 28.4. The Bertz CT molecular complexity index is 1310. The second kappa shape index (κ2) is 11.8. The maximum Gasteiger partial charge on any atom is 0.258 e. The number of carbonyl (C=O) groups excluding carboxylic acids is 1. The molecule has 0 bridgehead atoms. The van der Waals surface area contributed by atoms with Crippen LogP contribution in [0.4, 0.5) is 0 Å². The van der Waals surface area contributed by atoms with Gasteiger partial charge in [-0.1, -0.05) is 59.7 Å². The van der Waals surface area contributed by atoms with Gasteiger partial charge in [0, 0.05) is 11.1 Å². The van der Waals surface area contributed by atoms with Gasteiger partial charge in [0.15, 0.2) is 5.78 Å². The van der Waals surface area contributed by atoms with Crippen LogP contribution in [0.5, 0.6) is 17.2 Å². The smallest absolute Gasteiger partial charge is 0.258 e. The van der Waals surface area contributed by atoms with Crippen LogP contribution in [0.25, 0.3) is 11.1 Å². The summed E-state index contributed by atoms with van der Waals surface area (Å²) in [6, 6.07) is 21.8. The zero-order valence-corrected chi connectivity index (χ0v) is 25.6. The van der Waals surface area contributed by atoms with Gasteiger partial charge in [-0.15, -0.1) is 0 Å². The summed E-state index contributed by atoms with van der Waals surface area (Å²) in [5.41, 5.74) is 7.07. The lowest BCUT2D eigenvalue weighted by molar-refractivity contribution is 0.105. The van der Waals surface area contributed by atoms with Crippen molar-refractivity contribution in [3.8, 4) is 17.2 Å². The van der Waals surface area contributed by atoms with Crippen molar-refractivity contribution in [1.29, 1.82) is 0 Å². The maximum atomic E-state index is 14.2. The van der Waals surface area contributed by atoms with Crippen LogP contribution < -0.4 is 13.9 Å². The third-order valence-electron chi connectivity index (χ3n) is 8.31. The molecule has 0 saturated heterocycles. The molecule has 0 unspecified atom stereocenters. The van der Waals surface area contributed by atoms with Crippen molar-refractivity contribution < 1.29 is 18.7 Å². The van der Waals surface area contributed by atoms with E-state index in [1.54, 1.807) is 14.2 Å². The minimum absolute atomic E-state index is 0.0265.